The zero-order chi connectivity index (χ0) is 21.0. The van der Waals surface area contributed by atoms with Crippen LogP contribution in [0.4, 0.5) is 5.69 Å². The molecular weight excluding hydrogens is 372 g/mol. The number of esters is 1. The highest BCUT2D eigenvalue weighted by Crippen LogP contribution is 2.37. The van der Waals surface area contributed by atoms with Crippen molar-refractivity contribution in [3.8, 4) is 5.75 Å². The van der Waals surface area contributed by atoms with Crippen molar-refractivity contribution >= 4 is 23.5 Å². The van der Waals surface area contributed by atoms with Crippen molar-refractivity contribution in [2.45, 2.75) is 31.9 Å². The summed E-state index contributed by atoms with van der Waals surface area (Å²) >= 11 is 0. The highest BCUT2D eigenvalue weighted by molar-refractivity contribution is 6.16. The number of para-hydroxylation sites is 2. The molecule has 0 bridgehead atoms. The van der Waals surface area contributed by atoms with Crippen molar-refractivity contribution < 1.29 is 23.9 Å². The molecule has 1 N–H and O–H groups in total. The van der Waals surface area contributed by atoms with E-state index in [1.807, 2.05) is 37.3 Å². The van der Waals surface area contributed by atoms with Gasteiger partial charge in [-0.15, -0.1) is 0 Å². The predicted octanol–water partition coefficient (Wildman–Crippen LogP) is 2.09. The quantitative estimate of drug-likeness (QED) is 0.597. The number of likely N-dealkylation sites (N-methyl/N-ethyl adjacent to an activating group) is 1. The summed E-state index contributed by atoms with van der Waals surface area (Å²) in [4.78, 5) is 40.0. The summed E-state index contributed by atoms with van der Waals surface area (Å²) in [6.07, 6.45) is 0.234. The first-order valence-electron chi connectivity index (χ1n) is 9.43. The maximum Gasteiger partial charge on any atom is 0.328 e. The first kappa shape index (κ1) is 20.4. The fourth-order valence-corrected chi connectivity index (χ4v) is 3.34. The highest BCUT2D eigenvalue weighted by Gasteiger charge is 2.51. The van der Waals surface area contributed by atoms with E-state index in [1.165, 1.54) is 18.9 Å². The second-order valence-corrected chi connectivity index (χ2v) is 6.89. The lowest BCUT2D eigenvalue weighted by Crippen LogP contribution is -2.64. The molecule has 152 valence electrons. The molecule has 1 aliphatic rings. The normalized spacial score (nSPS) is 19.0. The van der Waals surface area contributed by atoms with Crippen LogP contribution in [0.2, 0.25) is 0 Å². The minimum absolute atomic E-state index is 0.234. The van der Waals surface area contributed by atoms with Crippen LogP contribution in [0.1, 0.15) is 19.4 Å². The van der Waals surface area contributed by atoms with E-state index in [0.717, 1.165) is 5.56 Å². The summed E-state index contributed by atoms with van der Waals surface area (Å²) in [7, 11) is 1.26. The number of nitrogens with one attached hydrogen (secondary N) is 1. The van der Waals surface area contributed by atoms with Gasteiger partial charge in [-0.25, -0.2) is 4.79 Å². The second kappa shape index (κ2) is 8.34. The number of methoxy groups -OCH3 is 1. The molecule has 0 spiro atoms. The number of carbonyl (C=O) groups is 3. The summed E-state index contributed by atoms with van der Waals surface area (Å²) in [5.41, 5.74) is -0.336. The molecule has 2 aromatic rings. The number of rotatable bonds is 6. The van der Waals surface area contributed by atoms with Crippen LogP contribution in [0.3, 0.4) is 0 Å². The summed E-state index contributed by atoms with van der Waals surface area (Å²) < 4.78 is 10.7. The third-order valence-electron chi connectivity index (χ3n) is 4.95. The Bertz CT molecular complexity index is 914. The third kappa shape index (κ3) is 3.94. The summed E-state index contributed by atoms with van der Waals surface area (Å²) in [6.45, 7) is 3.62. The molecule has 7 heteroatoms. The summed E-state index contributed by atoms with van der Waals surface area (Å²) in [5, 5.41) is 2.65. The Balaban J connectivity index is 1.87. The largest absolute Gasteiger partial charge is 0.467 e. The number of anilines is 1. The molecule has 2 unspecified atom stereocenters. The summed E-state index contributed by atoms with van der Waals surface area (Å²) in [5.74, 6) is -1.34. The van der Waals surface area contributed by atoms with E-state index in [-0.39, 0.29) is 6.42 Å². The van der Waals surface area contributed by atoms with Crippen LogP contribution < -0.4 is 15.0 Å². The van der Waals surface area contributed by atoms with Crippen molar-refractivity contribution in [1.82, 2.24) is 5.32 Å². The molecule has 1 heterocycles. The van der Waals surface area contributed by atoms with Crippen LogP contribution in [0, 0.1) is 0 Å². The maximum absolute atomic E-state index is 13.1. The minimum Gasteiger partial charge on any atom is -0.467 e. The van der Waals surface area contributed by atoms with Gasteiger partial charge < -0.3 is 19.7 Å². The van der Waals surface area contributed by atoms with Gasteiger partial charge in [0.15, 0.2) is 0 Å². The topological polar surface area (TPSA) is 84.9 Å². The van der Waals surface area contributed by atoms with Gasteiger partial charge in [0.1, 0.15) is 11.8 Å². The van der Waals surface area contributed by atoms with Gasteiger partial charge in [-0.1, -0.05) is 42.5 Å². The van der Waals surface area contributed by atoms with Gasteiger partial charge >= 0.3 is 5.97 Å². The minimum atomic E-state index is -1.80. The fourth-order valence-electron chi connectivity index (χ4n) is 3.34. The van der Waals surface area contributed by atoms with Crippen molar-refractivity contribution in [2.75, 3.05) is 18.6 Å². The lowest BCUT2D eigenvalue weighted by Gasteiger charge is -2.39. The monoisotopic (exact) mass is 396 g/mol. The van der Waals surface area contributed by atoms with Crippen LogP contribution in [-0.2, 0) is 25.5 Å². The number of hydrogen-bond acceptors (Lipinski definition) is 5. The predicted molar refractivity (Wildman–Crippen MR) is 108 cm³/mol. The molecule has 0 fully saturated rings. The molecule has 0 saturated carbocycles. The van der Waals surface area contributed by atoms with Gasteiger partial charge in [0.25, 0.3) is 17.4 Å². The van der Waals surface area contributed by atoms with E-state index in [0.29, 0.717) is 18.0 Å². The average molecular weight is 396 g/mol. The van der Waals surface area contributed by atoms with Gasteiger partial charge in [-0.3, -0.25) is 9.59 Å². The molecule has 7 nitrogen and oxygen atoms in total. The average Bonchev–Trinajstić information content (AvgIpc) is 2.74. The van der Waals surface area contributed by atoms with E-state index >= 15 is 0 Å². The van der Waals surface area contributed by atoms with Crippen LogP contribution in [0.25, 0.3) is 0 Å². The molecule has 2 atom stereocenters. The number of benzene rings is 2. The van der Waals surface area contributed by atoms with Crippen molar-refractivity contribution in [1.29, 1.82) is 0 Å². The standard InChI is InChI=1S/C22H24N2O5/c1-4-24-17-12-8-9-13-18(17)29-22(2,21(24)27)20(26)23-16(19(25)28-3)14-15-10-6-5-7-11-15/h5-13,16H,4,14H2,1-3H3,(H,23,26). The zero-order valence-electron chi connectivity index (χ0n) is 16.7. The first-order chi connectivity index (χ1) is 13.9. The number of amides is 2. The number of hydrogen-bond donors (Lipinski definition) is 1. The molecule has 0 radical (unpaired) electrons. The Morgan fingerprint density at radius 1 is 1.14 bits per heavy atom. The van der Waals surface area contributed by atoms with Crippen molar-refractivity contribution in [3.05, 3.63) is 60.2 Å². The summed E-state index contributed by atoms with van der Waals surface area (Å²) in [6, 6.07) is 15.3. The molecule has 0 saturated heterocycles. The van der Waals surface area contributed by atoms with E-state index in [4.69, 9.17) is 9.47 Å². The Labute approximate surface area is 169 Å². The molecule has 1 aliphatic heterocycles. The molecule has 2 aromatic carbocycles. The lowest BCUT2D eigenvalue weighted by atomic mass is 9.98. The van der Waals surface area contributed by atoms with E-state index < -0.39 is 29.4 Å². The molecule has 2 amide bonds. The van der Waals surface area contributed by atoms with Crippen molar-refractivity contribution in [3.63, 3.8) is 0 Å². The van der Waals surface area contributed by atoms with Crippen LogP contribution in [0.15, 0.2) is 54.6 Å². The SMILES string of the molecule is CCN1C(=O)C(C)(C(=O)NC(Cc2ccccc2)C(=O)OC)Oc2ccccc21. The maximum atomic E-state index is 13.1. The van der Waals surface area contributed by atoms with Gasteiger partial charge in [0.05, 0.1) is 12.8 Å². The Hall–Kier alpha value is -3.35. The number of carbonyl (C=O) groups excluding carboxylic acids is 3. The molecule has 29 heavy (non-hydrogen) atoms. The van der Waals surface area contributed by atoms with Gasteiger partial charge in [0, 0.05) is 13.0 Å². The third-order valence-corrected chi connectivity index (χ3v) is 4.95. The van der Waals surface area contributed by atoms with E-state index in [9.17, 15) is 14.4 Å². The highest BCUT2D eigenvalue weighted by atomic mass is 16.5. The lowest BCUT2D eigenvalue weighted by molar-refractivity contribution is -0.153. The molecular formula is C22H24N2O5. The first-order valence-corrected chi connectivity index (χ1v) is 9.43. The Morgan fingerprint density at radius 3 is 2.45 bits per heavy atom. The van der Waals surface area contributed by atoms with Gasteiger partial charge in [-0.2, -0.15) is 0 Å². The molecule has 0 aliphatic carbocycles. The molecule has 0 aromatic heterocycles. The van der Waals surface area contributed by atoms with E-state index in [2.05, 4.69) is 5.32 Å². The number of ether oxygens (including phenoxy) is 2. The zero-order valence-corrected chi connectivity index (χ0v) is 16.7. The number of nitrogens with zero attached hydrogens (tertiary/aromatic N) is 1. The fraction of sp³-hybridized carbons (Fsp3) is 0.318. The smallest absolute Gasteiger partial charge is 0.328 e. The van der Waals surface area contributed by atoms with Crippen LogP contribution >= 0.6 is 0 Å². The number of fused-ring (bicyclic) bond motifs is 1. The van der Waals surface area contributed by atoms with Crippen molar-refractivity contribution in [2.24, 2.45) is 0 Å². The van der Waals surface area contributed by atoms with E-state index in [1.54, 1.807) is 24.3 Å². The van der Waals surface area contributed by atoms with Crippen LogP contribution in [0.5, 0.6) is 5.75 Å². The molecule has 3 rings (SSSR count). The Kier molecular flexibility index (Phi) is 5.87. The Morgan fingerprint density at radius 2 is 1.79 bits per heavy atom. The van der Waals surface area contributed by atoms with Gasteiger partial charge in [-0.05, 0) is 31.5 Å². The van der Waals surface area contributed by atoms with Gasteiger partial charge in [0.2, 0.25) is 0 Å². The van der Waals surface area contributed by atoms with Crippen LogP contribution in [-0.4, -0.2) is 43.1 Å². The second-order valence-electron chi connectivity index (χ2n) is 6.89.